The molecule has 0 heterocycles. The normalized spacial score (nSPS) is 37.4. The number of hydrogen-bond donors (Lipinski definition) is 2. The van der Waals surface area contributed by atoms with Gasteiger partial charge >= 0.3 is 0 Å². The van der Waals surface area contributed by atoms with Crippen molar-refractivity contribution in [2.24, 2.45) is 5.73 Å². The first-order valence-corrected chi connectivity index (χ1v) is 5.36. The second kappa shape index (κ2) is 3.54. The van der Waals surface area contributed by atoms with Crippen molar-refractivity contribution in [3.8, 4) is 0 Å². The van der Waals surface area contributed by atoms with Crippen molar-refractivity contribution in [1.29, 1.82) is 0 Å². The van der Waals surface area contributed by atoms with Crippen LogP contribution in [-0.2, 0) is 0 Å². The van der Waals surface area contributed by atoms with Gasteiger partial charge in [-0.15, -0.1) is 0 Å². The monoisotopic (exact) mass is 186 g/mol. The van der Waals surface area contributed by atoms with Crippen LogP contribution in [0.4, 0.5) is 4.39 Å². The van der Waals surface area contributed by atoms with Gasteiger partial charge in [-0.2, -0.15) is 0 Å². The summed E-state index contributed by atoms with van der Waals surface area (Å²) in [6, 6.07) is 0.909. The summed E-state index contributed by atoms with van der Waals surface area (Å²) in [4.78, 5) is 0. The minimum atomic E-state index is -0.848. The van der Waals surface area contributed by atoms with Crippen LogP contribution in [0.15, 0.2) is 0 Å². The van der Waals surface area contributed by atoms with E-state index in [1.165, 1.54) is 0 Å². The van der Waals surface area contributed by atoms with Crippen LogP contribution in [0, 0.1) is 0 Å². The van der Waals surface area contributed by atoms with Crippen LogP contribution in [0.25, 0.3) is 0 Å². The highest BCUT2D eigenvalue weighted by Crippen LogP contribution is 2.39. The largest absolute Gasteiger partial charge is 0.328 e. The SMILES string of the molecule is NC1CCC(NCC2(F)CC2)CC1. The third kappa shape index (κ3) is 2.64. The van der Waals surface area contributed by atoms with Gasteiger partial charge in [0.2, 0.25) is 0 Å². The third-order valence-corrected chi connectivity index (χ3v) is 3.27. The first-order valence-electron chi connectivity index (χ1n) is 5.36. The lowest BCUT2D eigenvalue weighted by atomic mass is 9.92. The topological polar surface area (TPSA) is 38.0 Å². The second-order valence-corrected chi connectivity index (χ2v) is 4.64. The van der Waals surface area contributed by atoms with Gasteiger partial charge < -0.3 is 11.1 Å². The molecule has 0 aromatic rings. The first kappa shape index (κ1) is 9.41. The fourth-order valence-corrected chi connectivity index (χ4v) is 1.96. The van der Waals surface area contributed by atoms with Gasteiger partial charge in [0.15, 0.2) is 0 Å². The summed E-state index contributed by atoms with van der Waals surface area (Å²) < 4.78 is 13.2. The quantitative estimate of drug-likeness (QED) is 0.698. The van der Waals surface area contributed by atoms with Crippen LogP contribution >= 0.6 is 0 Å². The Bertz CT molecular complexity index is 172. The molecule has 0 bridgehead atoms. The smallest absolute Gasteiger partial charge is 0.123 e. The molecule has 0 radical (unpaired) electrons. The molecule has 0 spiro atoms. The maximum atomic E-state index is 13.2. The summed E-state index contributed by atoms with van der Waals surface area (Å²) in [5.41, 5.74) is 4.94. The van der Waals surface area contributed by atoms with Crippen molar-refractivity contribution >= 4 is 0 Å². The molecule has 0 unspecified atom stereocenters. The Labute approximate surface area is 79.1 Å². The Hall–Kier alpha value is -0.150. The number of hydrogen-bond acceptors (Lipinski definition) is 2. The molecule has 3 heteroatoms. The van der Waals surface area contributed by atoms with Crippen LogP contribution in [0.3, 0.4) is 0 Å². The molecule has 2 fully saturated rings. The van der Waals surface area contributed by atoms with Crippen molar-refractivity contribution in [1.82, 2.24) is 5.32 Å². The molecule has 0 saturated heterocycles. The van der Waals surface area contributed by atoms with Gasteiger partial charge in [-0.05, 0) is 38.5 Å². The van der Waals surface area contributed by atoms with Gasteiger partial charge in [0.1, 0.15) is 5.67 Å². The molecule has 0 atom stereocenters. The van der Waals surface area contributed by atoms with E-state index in [0.717, 1.165) is 38.5 Å². The number of nitrogens with two attached hydrogens (primary N) is 1. The van der Waals surface area contributed by atoms with E-state index >= 15 is 0 Å². The number of nitrogens with one attached hydrogen (secondary N) is 1. The van der Waals surface area contributed by atoms with Gasteiger partial charge in [0.25, 0.3) is 0 Å². The first-order chi connectivity index (χ1) is 6.18. The maximum absolute atomic E-state index is 13.2. The number of alkyl halides is 1. The van der Waals surface area contributed by atoms with Crippen LogP contribution in [-0.4, -0.2) is 24.3 Å². The molecular formula is C10H19FN2. The summed E-state index contributed by atoms with van der Waals surface area (Å²) in [5, 5.41) is 3.31. The van der Waals surface area contributed by atoms with Crippen LogP contribution in [0.2, 0.25) is 0 Å². The number of halogens is 1. The second-order valence-electron chi connectivity index (χ2n) is 4.64. The van der Waals surface area contributed by atoms with Gasteiger partial charge in [0.05, 0.1) is 0 Å². The van der Waals surface area contributed by atoms with Crippen molar-refractivity contribution in [2.75, 3.05) is 6.54 Å². The van der Waals surface area contributed by atoms with E-state index in [4.69, 9.17) is 5.73 Å². The van der Waals surface area contributed by atoms with E-state index in [9.17, 15) is 4.39 Å². The van der Waals surface area contributed by atoms with Crippen molar-refractivity contribution in [3.63, 3.8) is 0 Å². The van der Waals surface area contributed by atoms with Crippen molar-refractivity contribution in [2.45, 2.75) is 56.3 Å². The molecule has 2 nitrogen and oxygen atoms in total. The van der Waals surface area contributed by atoms with E-state index in [1.807, 2.05) is 0 Å². The molecule has 2 saturated carbocycles. The predicted molar refractivity (Wildman–Crippen MR) is 51.3 cm³/mol. The fourth-order valence-electron chi connectivity index (χ4n) is 1.96. The Morgan fingerprint density at radius 2 is 1.85 bits per heavy atom. The molecule has 0 aromatic heterocycles. The zero-order chi connectivity index (χ0) is 9.31. The molecule has 13 heavy (non-hydrogen) atoms. The zero-order valence-corrected chi connectivity index (χ0v) is 8.06. The summed E-state index contributed by atoms with van der Waals surface area (Å²) >= 11 is 0. The lowest BCUT2D eigenvalue weighted by Gasteiger charge is -2.27. The highest BCUT2D eigenvalue weighted by molar-refractivity contribution is 4.97. The van der Waals surface area contributed by atoms with E-state index in [1.54, 1.807) is 0 Å². The molecular weight excluding hydrogens is 167 g/mol. The summed E-state index contributed by atoms with van der Waals surface area (Å²) in [7, 11) is 0. The Kier molecular flexibility index (Phi) is 2.56. The lowest BCUT2D eigenvalue weighted by molar-refractivity contribution is 0.260. The van der Waals surface area contributed by atoms with Crippen molar-refractivity contribution < 1.29 is 4.39 Å². The molecule has 2 aliphatic carbocycles. The van der Waals surface area contributed by atoms with E-state index < -0.39 is 5.67 Å². The fraction of sp³-hybridized carbons (Fsp3) is 1.00. The average molecular weight is 186 g/mol. The Balaban J connectivity index is 1.65. The summed E-state index contributed by atoms with van der Waals surface area (Å²) in [6.45, 7) is 0.562. The van der Waals surface area contributed by atoms with E-state index in [2.05, 4.69) is 5.32 Å². The molecule has 0 aliphatic heterocycles. The van der Waals surface area contributed by atoms with Gasteiger partial charge in [-0.3, -0.25) is 0 Å². The predicted octanol–water partition coefficient (Wildman–Crippen LogP) is 1.35. The average Bonchev–Trinajstić information content (AvgIpc) is 2.84. The van der Waals surface area contributed by atoms with Gasteiger partial charge in [-0.1, -0.05) is 0 Å². The Morgan fingerprint density at radius 1 is 1.23 bits per heavy atom. The van der Waals surface area contributed by atoms with Crippen molar-refractivity contribution in [3.05, 3.63) is 0 Å². The molecule has 2 aliphatic rings. The van der Waals surface area contributed by atoms with Crippen LogP contribution in [0.5, 0.6) is 0 Å². The molecule has 0 aromatic carbocycles. The summed E-state index contributed by atoms with van der Waals surface area (Å²) in [6.07, 6.45) is 5.95. The molecule has 3 N–H and O–H groups in total. The van der Waals surface area contributed by atoms with Gasteiger partial charge in [-0.25, -0.2) is 4.39 Å². The van der Waals surface area contributed by atoms with Crippen LogP contribution < -0.4 is 11.1 Å². The minimum Gasteiger partial charge on any atom is -0.328 e. The zero-order valence-electron chi connectivity index (χ0n) is 8.06. The molecule has 0 amide bonds. The lowest BCUT2D eigenvalue weighted by Crippen LogP contribution is -2.40. The number of rotatable bonds is 3. The molecule has 2 rings (SSSR count). The maximum Gasteiger partial charge on any atom is 0.123 e. The highest BCUT2D eigenvalue weighted by Gasteiger charge is 2.43. The van der Waals surface area contributed by atoms with E-state index in [-0.39, 0.29) is 0 Å². The van der Waals surface area contributed by atoms with Gasteiger partial charge in [0, 0.05) is 18.6 Å². The molecule has 76 valence electrons. The minimum absolute atomic E-state index is 0.387. The third-order valence-electron chi connectivity index (χ3n) is 3.27. The highest BCUT2D eigenvalue weighted by atomic mass is 19.1. The van der Waals surface area contributed by atoms with Crippen LogP contribution in [0.1, 0.15) is 38.5 Å². The van der Waals surface area contributed by atoms with E-state index in [0.29, 0.717) is 18.6 Å². The Morgan fingerprint density at radius 3 is 2.38 bits per heavy atom. The summed E-state index contributed by atoms with van der Waals surface area (Å²) in [5.74, 6) is 0. The standard InChI is InChI=1S/C10H19FN2/c11-10(5-6-10)7-13-9-3-1-8(12)2-4-9/h8-9,13H,1-7,12H2.